The molecule has 1 aromatic carbocycles. The number of hydrogen-bond donors (Lipinski definition) is 0. The van der Waals surface area contributed by atoms with Gasteiger partial charge in [-0.15, -0.1) is 0 Å². The van der Waals surface area contributed by atoms with Crippen LogP contribution in [0.15, 0.2) is 17.3 Å². The maximum Gasteiger partial charge on any atom is 0.164 e. The predicted octanol–water partition coefficient (Wildman–Crippen LogP) is 3.15. The van der Waals surface area contributed by atoms with Gasteiger partial charge in [-0.3, -0.25) is 9.59 Å². The average molecular weight is 381 g/mol. The van der Waals surface area contributed by atoms with Gasteiger partial charge in [0.1, 0.15) is 12.0 Å². The molecule has 0 amide bonds. The summed E-state index contributed by atoms with van der Waals surface area (Å²) < 4.78 is 6.15. The van der Waals surface area contributed by atoms with Crippen molar-refractivity contribution in [2.24, 2.45) is 22.9 Å². The molecule has 3 heterocycles. The van der Waals surface area contributed by atoms with Crippen LogP contribution in [0.1, 0.15) is 55.4 Å². The molecule has 4 aliphatic rings. The van der Waals surface area contributed by atoms with E-state index in [-0.39, 0.29) is 47.6 Å². The van der Waals surface area contributed by atoms with Crippen molar-refractivity contribution < 1.29 is 19.2 Å². The van der Waals surface area contributed by atoms with E-state index in [0.29, 0.717) is 0 Å². The topological polar surface area (TPSA) is 65.0 Å². The Labute approximate surface area is 165 Å². The first-order valence-corrected chi connectivity index (χ1v) is 10.6. The molecule has 7 atom stereocenters. The second-order valence-electron chi connectivity index (χ2n) is 8.59. The number of rotatable bonds is 4. The molecule has 0 radical (unpaired) electrons. The molecule has 1 aliphatic carbocycles. The number of aryl methyl sites for hydroxylation is 3. The Morgan fingerprint density at radius 1 is 0.857 bits per heavy atom. The summed E-state index contributed by atoms with van der Waals surface area (Å²) in [5.74, 6) is -1.26. The minimum Gasteiger partial charge on any atom is -0.389 e. The fourth-order valence-electron chi connectivity index (χ4n) is 6.13. The molecule has 3 fully saturated rings. The van der Waals surface area contributed by atoms with Gasteiger partial charge in [0.2, 0.25) is 0 Å². The summed E-state index contributed by atoms with van der Waals surface area (Å²) in [7, 11) is 0. The van der Waals surface area contributed by atoms with Crippen LogP contribution >= 0.6 is 0 Å². The molecule has 3 unspecified atom stereocenters. The molecule has 3 aliphatic heterocycles. The number of ether oxygens (including phenoxy) is 1. The molecule has 0 N–H and O–H groups in total. The zero-order valence-electron chi connectivity index (χ0n) is 16.9. The second kappa shape index (κ2) is 6.24. The molecule has 5 heteroatoms. The predicted molar refractivity (Wildman–Crippen MR) is 104 cm³/mol. The summed E-state index contributed by atoms with van der Waals surface area (Å²) in [5.41, 5.74) is 5.38. The summed E-state index contributed by atoms with van der Waals surface area (Å²) in [4.78, 5) is 32.8. The largest absolute Gasteiger partial charge is 0.389 e. The van der Waals surface area contributed by atoms with Gasteiger partial charge in [0.25, 0.3) is 0 Å². The number of carbonyl (C=O) groups excluding carboxylic acids is 2. The van der Waals surface area contributed by atoms with Crippen LogP contribution in [0.2, 0.25) is 0 Å². The fourth-order valence-corrected chi connectivity index (χ4v) is 6.13. The van der Waals surface area contributed by atoms with E-state index in [1.54, 1.807) is 0 Å². The van der Waals surface area contributed by atoms with Gasteiger partial charge >= 0.3 is 0 Å². The molecule has 0 aromatic heterocycles. The number of benzene rings is 1. The molecule has 0 spiro atoms. The van der Waals surface area contributed by atoms with Crippen LogP contribution in [0.25, 0.3) is 0 Å². The smallest absolute Gasteiger partial charge is 0.164 e. The quantitative estimate of drug-likeness (QED) is 0.752. The van der Waals surface area contributed by atoms with Crippen LogP contribution in [-0.2, 0) is 32.0 Å². The molecule has 148 valence electrons. The number of Topliss-reactive ketones (excluding diaryl/α,β-unsaturated/α-hetero) is 2. The molecular formula is C23H27NO4. The third-order valence-electron chi connectivity index (χ3n) is 7.25. The summed E-state index contributed by atoms with van der Waals surface area (Å²) in [5, 5.41) is 4.21. The van der Waals surface area contributed by atoms with E-state index in [9.17, 15) is 9.59 Å². The summed E-state index contributed by atoms with van der Waals surface area (Å²) >= 11 is 0. The summed E-state index contributed by atoms with van der Waals surface area (Å²) in [6.45, 7) is 8.31. The highest BCUT2D eigenvalue weighted by molar-refractivity contribution is 6.17. The lowest BCUT2D eigenvalue weighted by atomic mass is 9.72. The molecule has 5 nitrogen and oxygen atoms in total. The van der Waals surface area contributed by atoms with Crippen molar-refractivity contribution in [3.63, 3.8) is 0 Å². The van der Waals surface area contributed by atoms with E-state index in [1.165, 1.54) is 5.56 Å². The van der Waals surface area contributed by atoms with Gasteiger partial charge in [-0.1, -0.05) is 43.6 Å². The zero-order chi connectivity index (χ0) is 19.7. The van der Waals surface area contributed by atoms with Crippen LogP contribution in [0.4, 0.5) is 0 Å². The third-order valence-corrected chi connectivity index (χ3v) is 7.25. The van der Waals surface area contributed by atoms with Crippen LogP contribution in [-0.4, -0.2) is 35.6 Å². The van der Waals surface area contributed by atoms with E-state index in [1.807, 2.05) is 6.92 Å². The number of fused-ring (bicyclic) bond motifs is 8. The van der Waals surface area contributed by atoms with Crippen molar-refractivity contribution in [2.45, 2.75) is 71.2 Å². The maximum atomic E-state index is 13.6. The lowest BCUT2D eigenvalue weighted by Crippen LogP contribution is -2.45. The molecule has 28 heavy (non-hydrogen) atoms. The fraction of sp³-hybridized carbons (Fsp3) is 0.609. The number of carbonyl (C=O) groups is 2. The lowest BCUT2D eigenvalue weighted by molar-refractivity contribution is -0.128. The first-order chi connectivity index (χ1) is 13.5. The Morgan fingerprint density at radius 2 is 1.46 bits per heavy atom. The Balaban J connectivity index is 1.58. The van der Waals surface area contributed by atoms with Crippen molar-refractivity contribution in [1.29, 1.82) is 0 Å². The van der Waals surface area contributed by atoms with Crippen molar-refractivity contribution in [2.75, 3.05) is 0 Å². The highest BCUT2D eigenvalue weighted by atomic mass is 16.7. The highest BCUT2D eigenvalue weighted by Gasteiger charge is 2.72. The van der Waals surface area contributed by atoms with Crippen molar-refractivity contribution >= 4 is 17.3 Å². The number of nitrogens with zero attached hydrogens (tertiary/aromatic N) is 1. The van der Waals surface area contributed by atoms with Gasteiger partial charge < -0.3 is 9.57 Å². The molecule has 2 saturated heterocycles. The minimum atomic E-state index is -0.643. The van der Waals surface area contributed by atoms with Crippen LogP contribution in [0, 0.1) is 24.7 Å². The maximum absolute atomic E-state index is 13.6. The second-order valence-corrected chi connectivity index (χ2v) is 8.59. The highest BCUT2D eigenvalue weighted by Crippen LogP contribution is 2.57. The van der Waals surface area contributed by atoms with Gasteiger partial charge in [-0.25, -0.2) is 0 Å². The first-order valence-electron chi connectivity index (χ1n) is 10.6. The van der Waals surface area contributed by atoms with Crippen LogP contribution in [0.5, 0.6) is 0 Å². The monoisotopic (exact) mass is 381 g/mol. The molecule has 1 saturated carbocycles. The molecule has 2 bridgehead atoms. The van der Waals surface area contributed by atoms with Gasteiger partial charge in [0.15, 0.2) is 17.7 Å². The standard InChI is InChI=1S/C23H27NO4/c1-5-11-8-10(4)9-12(6-2)14(11)16-19(25)17-18(20(16)26)22-23-15(21(17)27-22)13(7-3)24-28-23/h8-9,15-18,21-23H,5-7H2,1-4H3/t15?,16?,17-,18+,21-,22-,23?/m0/s1. The SMILES string of the molecule is CCC1=NOC2C1[C@@H]1O[C@H]2[C@H]2C(=O)C(c3c(CC)cc(C)cc3CC)C(=O)[C@H]21. The van der Waals surface area contributed by atoms with E-state index >= 15 is 0 Å². The van der Waals surface area contributed by atoms with E-state index in [2.05, 4.69) is 38.1 Å². The Bertz CT molecular complexity index is 879. The minimum absolute atomic E-state index is 0.0288. The first kappa shape index (κ1) is 18.0. The van der Waals surface area contributed by atoms with E-state index < -0.39 is 5.92 Å². The third kappa shape index (κ3) is 2.14. The van der Waals surface area contributed by atoms with Crippen LogP contribution < -0.4 is 0 Å². The summed E-state index contributed by atoms with van der Waals surface area (Å²) in [6.07, 6.45) is 1.62. The molecular weight excluding hydrogens is 354 g/mol. The normalized spacial score (nSPS) is 37.9. The van der Waals surface area contributed by atoms with Gasteiger partial charge in [-0.05, 0) is 42.9 Å². The van der Waals surface area contributed by atoms with Gasteiger partial charge in [0, 0.05) is 0 Å². The van der Waals surface area contributed by atoms with Gasteiger partial charge in [-0.2, -0.15) is 0 Å². The Kier molecular flexibility index (Phi) is 4.02. The summed E-state index contributed by atoms with van der Waals surface area (Å²) in [6, 6.07) is 4.27. The number of oxime groups is 1. The van der Waals surface area contributed by atoms with Crippen molar-refractivity contribution in [3.05, 3.63) is 34.4 Å². The van der Waals surface area contributed by atoms with E-state index in [0.717, 1.165) is 41.7 Å². The number of ketones is 2. The van der Waals surface area contributed by atoms with Crippen LogP contribution in [0.3, 0.4) is 0 Å². The zero-order valence-corrected chi connectivity index (χ0v) is 16.9. The Hall–Kier alpha value is -2.01. The lowest BCUT2D eigenvalue weighted by Gasteiger charge is -2.27. The van der Waals surface area contributed by atoms with Gasteiger partial charge in [0.05, 0.1) is 29.6 Å². The Morgan fingerprint density at radius 3 is 2.04 bits per heavy atom. The molecule has 5 rings (SSSR count). The van der Waals surface area contributed by atoms with Crippen molar-refractivity contribution in [1.82, 2.24) is 0 Å². The van der Waals surface area contributed by atoms with Crippen molar-refractivity contribution in [3.8, 4) is 0 Å². The molecule has 1 aromatic rings. The average Bonchev–Trinajstić information content (AvgIpc) is 3.42. The van der Waals surface area contributed by atoms with E-state index in [4.69, 9.17) is 9.57 Å². The number of hydrogen-bond acceptors (Lipinski definition) is 5.